The Kier molecular flexibility index (Phi) is 6.08. The zero-order valence-electron chi connectivity index (χ0n) is 15.5. The number of nitrogens with one attached hydrogen (secondary N) is 1. The molecule has 6 heteroatoms. The van der Waals surface area contributed by atoms with E-state index in [0.717, 1.165) is 34.0 Å². The average Bonchev–Trinajstić information content (AvgIpc) is 2.68. The third-order valence-corrected chi connectivity index (χ3v) is 4.73. The van der Waals surface area contributed by atoms with Crippen molar-refractivity contribution < 1.29 is 9.53 Å². The Morgan fingerprint density at radius 1 is 1.04 bits per heavy atom. The van der Waals surface area contributed by atoms with Crippen molar-refractivity contribution in [3.8, 4) is 17.0 Å². The van der Waals surface area contributed by atoms with Crippen molar-refractivity contribution in [2.24, 2.45) is 0 Å². The van der Waals surface area contributed by atoms with E-state index in [0.29, 0.717) is 5.16 Å². The number of amides is 1. The van der Waals surface area contributed by atoms with E-state index in [1.54, 1.807) is 7.11 Å². The zero-order chi connectivity index (χ0) is 19.2. The quantitative estimate of drug-likeness (QED) is 0.505. The van der Waals surface area contributed by atoms with Crippen LogP contribution in [-0.4, -0.2) is 28.7 Å². The van der Waals surface area contributed by atoms with Gasteiger partial charge in [-0.05, 0) is 56.3 Å². The minimum Gasteiger partial charge on any atom is -0.497 e. The van der Waals surface area contributed by atoms with E-state index in [9.17, 15) is 4.79 Å². The minimum absolute atomic E-state index is 0.0834. The summed E-state index contributed by atoms with van der Waals surface area (Å²) >= 11 is 1.32. The van der Waals surface area contributed by atoms with Crippen molar-refractivity contribution in [3.05, 3.63) is 65.9 Å². The molecule has 0 atom stereocenters. The van der Waals surface area contributed by atoms with Gasteiger partial charge in [-0.15, -0.1) is 0 Å². The maximum absolute atomic E-state index is 12.2. The fourth-order valence-electron chi connectivity index (χ4n) is 2.48. The lowest BCUT2D eigenvalue weighted by Crippen LogP contribution is -2.14. The number of aromatic nitrogens is 2. The van der Waals surface area contributed by atoms with Gasteiger partial charge in [0.05, 0.1) is 18.6 Å². The van der Waals surface area contributed by atoms with Crippen LogP contribution in [0.25, 0.3) is 11.3 Å². The molecule has 0 spiro atoms. The van der Waals surface area contributed by atoms with Gasteiger partial charge in [-0.2, -0.15) is 0 Å². The highest BCUT2D eigenvalue weighted by Gasteiger charge is 2.09. The number of ether oxygens (including phenoxy) is 1. The lowest BCUT2D eigenvalue weighted by atomic mass is 10.1. The zero-order valence-corrected chi connectivity index (χ0v) is 16.3. The molecule has 27 heavy (non-hydrogen) atoms. The van der Waals surface area contributed by atoms with Crippen LogP contribution in [0, 0.1) is 13.8 Å². The Labute approximate surface area is 163 Å². The van der Waals surface area contributed by atoms with Crippen LogP contribution >= 0.6 is 11.8 Å². The highest BCUT2D eigenvalue weighted by molar-refractivity contribution is 7.99. The molecular weight excluding hydrogens is 358 g/mol. The second-order valence-corrected chi connectivity index (χ2v) is 7.05. The highest BCUT2D eigenvalue weighted by Crippen LogP contribution is 2.24. The van der Waals surface area contributed by atoms with Gasteiger partial charge in [-0.1, -0.05) is 29.5 Å². The van der Waals surface area contributed by atoms with Crippen LogP contribution in [-0.2, 0) is 4.79 Å². The van der Waals surface area contributed by atoms with Crippen molar-refractivity contribution >= 4 is 23.4 Å². The molecule has 5 nitrogen and oxygen atoms in total. The van der Waals surface area contributed by atoms with Gasteiger partial charge in [-0.3, -0.25) is 4.79 Å². The number of benzene rings is 2. The molecule has 3 aromatic rings. The van der Waals surface area contributed by atoms with Gasteiger partial charge in [-0.25, -0.2) is 9.97 Å². The Bertz CT molecular complexity index is 925. The number of rotatable bonds is 6. The van der Waals surface area contributed by atoms with E-state index in [1.807, 2.05) is 68.4 Å². The predicted octanol–water partition coefficient (Wildman–Crippen LogP) is 4.50. The smallest absolute Gasteiger partial charge is 0.234 e. The van der Waals surface area contributed by atoms with Crippen LogP contribution in [0.15, 0.2) is 59.8 Å². The monoisotopic (exact) mass is 379 g/mol. The number of methoxy groups -OCH3 is 1. The maximum Gasteiger partial charge on any atom is 0.234 e. The Hall–Kier alpha value is -2.86. The second kappa shape index (κ2) is 8.68. The summed E-state index contributed by atoms with van der Waals surface area (Å²) in [5, 5.41) is 3.47. The number of thioether (sulfide) groups is 1. The molecule has 1 aromatic heterocycles. The van der Waals surface area contributed by atoms with Gasteiger partial charge in [0.25, 0.3) is 0 Å². The van der Waals surface area contributed by atoms with Crippen LogP contribution in [0.2, 0.25) is 0 Å². The molecule has 0 fully saturated rings. The number of nitrogens with zero attached hydrogens (tertiary/aromatic N) is 2. The Morgan fingerprint density at radius 2 is 1.74 bits per heavy atom. The van der Waals surface area contributed by atoms with Crippen molar-refractivity contribution in [1.29, 1.82) is 0 Å². The summed E-state index contributed by atoms with van der Waals surface area (Å²) in [5.41, 5.74) is 4.60. The number of anilines is 1. The van der Waals surface area contributed by atoms with E-state index < -0.39 is 0 Å². The minimum atomic E-state index is -0.0834. The van der Waals surface area contributed by atoms with Gasteiger partial charge in [0, 0.05) is 16.9 Å². The van der Waals surface area contributed by atoms with Crippen LogP contribution < -0.4 is 10.1 Å². The molecule has 1 heterocycles. The first-order valence-electron chi connectivity index (χ1n) is 8.53. The summed E-state index contributed by atoms with van der Waals surface area (Å²) < 4.78 is 5.19. The molecule has 3 rings (SSSR count). The topological polar surface area (TPSA) is 64.1 Å². The van der Waals surface area contributed by atoms with Crippen molar-refractivity contribution in [2.45, 2.75) is 19.0 Å². The molecule has 0 aliphatic rings. The number of hydrogen-bond acceptors (Lipinski definition) is 5. The van der Waals surface area contributed by atoms with Crippen molar-refractivity contribution in [2.75, 3.05) is 18.2 Å². The number of aryl methyl sites for hydroxylation is 2. The molecular formula is C21H21N3O2S. The molecule has 0 unspecified atom stereocenters. The van der Waals surface area contributed by atoms with Crippen molar-refractivity contribution in [1.82, 2.24) is 9.97 Å². The Morgan fingerprint density at radius 3 is 2.41 bits per heavy atom. The normalized spacial score (nSPS) is 10.5. The second-order valence-electron chi connectivity index (χ2n) is 6.11. The molecule has 1 N–H and O–H groups in total. The lowest BCUT2D eigenvalue weighted by Gasteiger charge is -2.08. The molecule has 0 aliphatic carbocycles. The molecule has 138 valence electrons. The fourth-order valence-corrected chi connectivity index (χ4v) is 3.18. The van der Waals surface area contributed by atoms with E-state index >= 15 is 0 Å². The summed E-state index contributed by atoms with van der Waals surface area (Å²) in [5.74, 6) is 0.964. The summed E-state index contributed by atoms with van der Waals surface area (Å²) in [6.07, 6.45) is 0. The predicted molar refractivity (Wildman–Crippen MR) is 109 cm³/mol. The van der Waals surface area contributed by atoms with Crippen molar-refractivity contribution in [3.63, 3.8) is 0 Å². The third kappa shape index (κ3) is 5.31. The van der Waals surface area contributed by atoms with E-state index in [-0.39, 0.29) is 11.7 Å². The summed E-state index contributed by atoms with van der Waals surface area (Å²) in [7, 11) is 1.64. The molecule has 2 aromatic carbocycles. The van der Waals surface area contributed by atoms with E-state index in [1.165, 1.54) is 11.8 Å². The molecule has 0 saturated carbocycles. The lowest BCUT2D eigenvalue weighted by molar-refractivity contribution is -0.113. The van der Waals surface area contributed by atoms with Gasteiger partial charge in [0.2, 0.25) is 5.91 Å². The summed E-state index contributed by atoms with van der Waals surface area (Å²) in [6.45, 7) is 3.93. The summed E-state index contributed by atoms with van der Waals surface area (Å²) in [6, 6.07) is 17.4. The molecule has 0 aliphatic heterocycles. The molecule has 0 radical (unpaired) electrons. The summed E-state index contributed by atoms with van der Waals surface area (Å²) in [4.78, 5) is 21.2. The molecule has 0 saturated heterocycles. The van der Waals surface area contributed by atoms with Gasteiger partial charge in [0.15, 0.2) is 5.16 Å². The van der Waals surface area contributed by atoms with Gasteiger partial charge < -0.3 is 10.1 Å². The number of carbonyl (C=O) groups excluding carboxylic acids is 1. The first-order valence-corrected chi connectivity index (χ1v) is 9.51. The maximum atomic E-state index is 12.2. The number of carbonyl (C=O) groups is 1. The van der Waals surface area contributed by atoms with Crippen LogP contribution in [0.4, 0.5) is 5.69 Å². The van der Waals surface area contributed by atoms with Crippen LogP contribution in [0.1, 0.15) is 11.3 Å². The highest BCUT2D eigenvalue weighted by atomic mass is 32.2. The van der Waals surface area contributed by atoms with Crippen LogP contribution in [0.3, 0.4) is 0 Å². The SMILES string of the molecule is COc1ccc(-c2cc(C)nc(SCC(=O)Nc3ccc(C)cc3)n2)cc1. The standard InChI is InChI=1S/C21H21N3O2S/c1-14-4-8-17(9-5-14)23-20(25)13-27-21-22-15(2)12-19(24-21)16-6-10-18(26-3)11-7-16/h4-12H,13H2,1-3H3,(H,23,25). The Balaban J connectivity index is 1.66. The van der Waals surface area contributed by atoms with Crippen LogP contribution in [0.5, 0.6) is 5.75 Å². The van der Waals surface area contributed by atoms with E-state index in [4.69, 9.17) is 4.74 Å². The van der Waals surface area contributed by atoms with E-state index in [2.05, 4.69) is 15.3 Å². The first kappa shape index (κ1) is 18.9. The van der Waals surface area contributed by atoms with Gasteiger partial charge >= 0.3 is 0 Å². The molecule has 1 amide bonds. The average molecular weight is 379 g/mol. The van der Waals surface area contributed by atoms with Gasteiger partial charge in [0.1, 0.15) is 5.75 Å². The third-order valence-electron chi connectivity index (χ3n) is 3.89. The molecule has 0 bridgehead atoms. The fraction of sp³-hybridized carbons (Fsp3) is 0.190. The number of hydrogen-bond donors (Lipinski definition) is 1. The largest absolute Gasteiger partial charge is 0.497 e. The first-order chi connectivity index (χ1) is 13.0.